The lowest BCUT2D eigenvalue weighted by atomic mass is 10.1. The van der Waals surface area contributed by atoms with Crippen molar-refractivity contribution in [2.75, 3.05) is 26.2 Å². The predicted molar refractivity (Wildman–Crippen MR) is 79.0 cm³/mol. The van der Waals surface area contributed by atoms with Gasteiger partial charge in [0, 0.05) is 32.6 Å². The van der Waals surface area contributed by atoms with Crippen LogP contribution in [0.2, 0.25) is 0 Å². The first-order valence-electron chi connectivity index (χ1n) is 7.41. The third-order valence-corrected chi connectivity index (χ3v) is 3.34. The molecule has 5 nitrogen and oxygen atoms in total. The highest BCUT2D eigenvalue weighted by Crippen LogP contribution is 2.09. The maximum absolute atomic E-state index is 11.9. The third-order valence-electron chi connectivity index (χ3n) is 3.34. The number of hydrogen-bond donors (Lipinski definition) is 2. The molecule has 0 atom stereocenters. The Bertz CT molecular complexity index is 296. The van der Waals surface area contributed by atoms with Crippen LogP contribution < -0.4 is 11.1 Å². The fourth-order valence-electron chi connectivity index (χ4n) is 2.10. The molecule has 0 aromatic rings. The quantitative estimate of drug-likeness (QED) is 0.564. The third kappa shape index (κ3) is 7.03. The van der Waals surface area contributed by atoms with Crippen LogP contribution in [0.1, 0.15) is 46.0 Å². The summed E-state index contributed by atoms with van der Waals surface area (Å²) < 4.78 is 0. The van der Waals surface area contributed by atoms with Crippen LogP contribution in [0.4, 0.5) is 0 Å². The molecule has 1 amide bonds. The van der Waals surface area contributed by atoms with Gasteiger partial charge in [-0.3, -0.25) is 9.79 Å². The first kappa shape index (κ1) is 15.8. The lowest BCUT2D eigenvalue weighted by molar-refractivity contribution is -0.131. The van der Waals surface area contributed by atoms with Crippen LogP contribution in [0, 0.1) is 5.92 Å². The second-order valence-electron chi connectivity index (χ2n) is 5.57. The average molecular weight is 268 g/mol. The molecule has 0 unspecified atom stereocenters. The molecule has 5 heteroatoms. The van der Waals surface area contributed by atoms with Gasteiger partial charge in [-0.15, -0.1) is 0 Å². The highest BCUT2D eigenvalue weighted by molar-refractivity contribution is 5.80. The summed E-state index contributed by atoms with van der Waals surface area (Å²) in [6.07, 6.45) is 5.06. The molecule has 110 valence electrons. The van der Waals surface area contributed by atoms with E-state index in [9.17, 15) is 4.79 Å². The Kier molecular flexibility index (Phi) is 7.30. The molecule has 19 heavy (non-hydrogen) atoms. The van der Waals surface area contributed by atoms with Gasteiger partial charge in [0.15, 0.2) is 5.96 Å². The standard InChI is InChI=1S/C14H28N4O/c1-12(2)6-8-16-14(15)17-9-7-13(19)18-10-4-3-5-11-18/h12H,3-11H2,1-2H3,(H3,15,16,17). The highest BCUT2D eigenvalue weighted by atomic mass is 16.2. The van der Waals surface area contributed by atoms with Crippen molar-refractivity contribution in [2.24, 2.45) is 16.6 Å². The molecule has 0 bridgehead atoms. The van der Waals surface area contributed by atoms with E-state index in [4.69, 9.17) is 5.73 Å². The average Bonchev–Trinajstić information content (AvgIpc) is 2.39. The monoisotopic (exact) mass is 268 g/mol. The van der Waals surface area contributed by atoms with Gasteiger partial charge in [0.05, 0.1) is 0 Å². The van der Waals surface area contributed by atoms with Crippen LogP contribution in [0.25, 0.3) is 0 Å². The number of hydrogen-bond acceptors (Lipinski definition) is 2. The number of nitrogens with two attached hydrogens (primary N) is 1. The second-order valence-corrected chi connectivity index (χ2v) is 5.57. The van der Waals surface area contributed by atoms with Crippen LogP contribution >= 0.6 is 0 Å². The Hall–Kier alpha value is -1.26. The molecule has 0 aromatic carbocycles. The Balaban J connectivity index is 2.13. The van der Waals surface area contributed by atoms with Crippen molar-refractivity contribution in [2.45, 2.75) is 46.0 Å². The van der Waals surface area contributed by atoms with Gasteiger partial charge in [-0.2, -0.15) is 0 Å². The molecule has 0 radical (unpaired) electrons. The molecule has 1 rings (SSSR count). The van der Waals surface area contributed by atoms with Crippen LogP contribution in [0.15, 0.2) is 4.99 Å². The van der Waals surface area contributed by atoms with E-state index in [1.165, 1.54) is 6.42 Å². The molecule has 1 aliphatic rings. The first-order chi connectivity index (χ1) is 9.09. The van der Waals surface area contributed by atoms with Crippen molar-refractivity contribution in [3.8, 4) is 0 Å². The van der Waals surface area contributed by atoms with E-state index in [0.717, 1.165) is 38.9 Å². The second kappa shape index (κ2) is 8.77. The highest BCUT2D eigenvalue weighted by Gasteiger charge is 2.15. The zero-order chi connectivity index (χ0) is 14.1. The van der Waals surface area contributed by atoms with Gasteiger partial charge in [-0.05, 0) is 31.6 Å². The number of carbonyl (C=O) groups is 1. The summed E-state index contributed by atoms with van der Waals surface area (Å²) in [4.78, 5) is 18.1. The number of likely N-dealkylation sites (tertiary alicyclic amines) is 1. The minimum absolute atomic E-state index is 0.224. The van der Waals surface area contributed by atoms with E-state index in [1.807, 2.05) is 4.90 Å². The molecule has 3 N–H and O–H groups in total. The molecule has 1 aliphatic heterocycles. The van der Waals surface area contributed by atoms with E-state index in [0.29, 0.717) is 24.8 Å². The number of nitrogens with one attached hydrogen (secondary N) is 1. The van der Waals surface area contributed by atoms with E-state index in [-0.39, 0.29) is 5.91 Å². The number of nitrogens with zero attached hydrogens (tertiary/aromatic N) is 2. The molecular formula is C14H28N4O. The number of carbonyl (C=O) groups excluding carboxylic acids is 1. The number of amides is 1. The van der Waals surface area contributed by atoms with Gasteiger partial charge < -0.3 is 16.0 Å². The first-order valence-corrected chi connectivity index (χ1v) is 7.41. The van der Waals surface area contributed by atoms with Gasteiger partial charge in [0.25, 0.3) is 0 Å². The Morgan fingerprint density at radius 3 is 2.63 bits per heavy atom. The number of piperidine rings is 1. The van der Waals surface area contributed by atoms with Gasteiger partial charge in [0.2, 0.25) is 5.91 Å². The van der Waals surface area contributed by atoms with Crippen molar-refractivity contribution < 1.29 is 4.79 Å². The van der Waals surface area contributed by atoms with Crippen LogP contribution in [0.3, 0.4) is 0 Å². The topological polar surface area (TPSA) is 70.7 Å². The Morgan fingerprint density at radius 1 is 1.32 bits per heavy atom. The lowest BCUT2D eigenvalue weighted by Gasteiger charge is -2.26. The van der Waals surface area contributed by atoms with Gasteiger partial charge in [0.1, 0.15) is 0 Å². The van der Waals surface area contributed by atoms with Crippen molar-refractivity contribution in [3.63, 3.8) is 0 Å². The minimum atomic E-state index is 0.224. The van der Waals surface area contributed by atoms with Crippen LogP contribution in [-0.4, -0.2) is 42.9 Å². The van der Waals surface area contributed by atoms with Gasteiger partial charge >= 0.3 is 0 Å². The normalized spacial score (nSPS) is 16.8. The van der Waals surface area contributed by atoms with Crippen molar-refractivity contribution in [1.29, 1.82) is 0 Å². The zero-order valence-corrected chi connectivity index (χ0v) is 12.3. The lowest BCUT2D eigenvalue weighted by Crippen LogP contribution is -2.39. The van der Waals surface area contributed by atoms with E-state index in [1.54, 1.807) is 0 Å². The summed E-state index contributed by atoms with van der Waals surface area (Å²) >= 11 is 0. The molecule has 1 fully saturated rings. The number of guanidine groups is 1. The molecule has 0 spiro atoms. The van der Waals surface area contributed by atoms with Crippen LogP contribution in [0.5, 0.6) is 0 Å². The molecular weight excluding hydrogens is 240 g/mol. The maximum atomic E-state index is 11.9. The minimum Gasteiger partial charge on any atom is -0.370 e. The van der Waals surface area contributed by atoms with E-state index < -0.39 is 0 Å². The SMILES string of the molecule is CC(C)CCN=C(N)NCCC(=O)N1CCCCC1. The smallest absolute Gasteiger partial charge is 0.224 e. The Labute approximate surface area is 116 Å². The van der Waals surface area contributed by atoms with E-state index in [2.05, 4.69) is 24.2 Å². The summed E-state index contributed by atoms with van der Waals surface area (Å²) in [5.41, 5.74) is 5.74. The molecule has 0 aliphatic carbocycles. The molecule has 0 aromatic heterocycles. The summed E-state index contributed by atoms with van der Waals surface area (Å²) in [6.45, 7) is 7.48. The largest absolute Gasteiger partial charge is 0.370 e. The van der Waals surface area contributed by atoms with Gasteiger partial charge in [-0.1, -0.05) is 13.8 Å². The fraction of sp³-hybridized carbons (Fsp3) is 0.857. The molecule has 1 heterocycles. The van der Waals surface area contributed by atoms with Crippen molar-refractivity contribution >= 4 is 11.9 Å². The molecule has 1 saturated heterocycles. The van der Waals surface area contributed by atoms with Crippen molar-refractivity contribution in [3.05, 3.63) is 0 Å². The van der Waals surface area contributed by atoms with Crippen LogP contribution in [-0.2, 0) is 4.79 Å². The number of rotatable bonds is 6. The summed E-state index contributed by atoms with van der Waals surface area (Å²) in [6, 6.07) is 0. The summed E-state index contributed by atoms with van der Waals surface area (Å²) in [5.74, 6) is 1.31. The van der Waals surface area contributed by atoms with Gasteiger partial charge in [-0.25, -0.2) is 0 Å². The molecule has 0 saturated carbocycles. The Morgan fingerprint density at radius 2 is 2.00 bits per heavy atom. The summed E-state index contributed by atoms with van der Waals surface area (Å²) in [7, 11) is 0. The fourth-order valence-corrected chi connectivity index (χ4v) is 2.10. The van der Waals surface area contributed by atoms with Crippen molar-refractivity contribution in [1.82, 2.24) is 10.2 Å². The summed E-state index contributed by atoms with van der Waals surface area (Å²) in [5, 5.41) is 3.01. The maximum Gasteiger partial charge on any atom is 0.224 e. The van der Waals surface area contributed by atoms with E-state index >= 15 is 0 Å². The zero-order valence-electron chi connectivity index (χ0n) is 12.3. The predicted octanol–water partition coefficient (Wildman–Crippen LogP) is 1.34. The number of aliphatic imine (C=N–C) groups is 1.